The molecule has 0 spiro atoms. The van der Waals surface area contributed by atoms with Crippen molar-refractivity contribution in [3.8, 4) is 84.9 Å². The first-order valence-corrected chi connectivity index (χ1v) is 29.8. The van der Waals surface area contributed by atoms with Crippen LogP contribution in [0.25, 0.3) is 107 Å². The lowest BCUT2D eigenvalue weighted by Crippen LogP contribution is -2.61. The van der Waals surface area contributed by atoms with Gasteiger partial charge in [0.2, 0.25) is 0 Å². The van der Waals surface area contributed by atoms with E-state index in [-0.39, 0.29) is 6.71 Å². The molecule has 5 heterocycles. The fourth-order valence-corrected chi connectivity index (χ4v) is 13.3. The lowest BCUT2D eigenvalue weighted by Gasteiger charge is -2.44. The zero-order valence-corrected chi connectivity index (χ0v) is 47.6. The Morgan fingerprint density at radius 3 is 1.28 bits per heavy atom. The summed E-state index contributed by atoms with van der Waals surface area (Å²) in [6.07, 6.45) is 0. The van der Waals surface area contributed by atoms with Gasteiger partial charge in [0.15, 0.2) is 23.3 Å². The molecule has 88 heavy (non-hydrogen) atoms. The van der Waals surface area contributed by atoms with E-state index < -0.39 is 0 Å². The van der Waals surface area contributed by atoms with Crippen LogP contribution in [0.1, 0.15) is 0 Å². The molecule has 0 N–H and O–H groups in total. The largest absolute Gasteiger partial charge is 0.311 e. The first kappa shape index (κ1) is 50.7. The van der Waals surface area contributed by atoms with Gasteiger partial charge in [0, 0.05) is 78.3 Å². The zero-order chi connectivity index (χ0) is 58.1. The molecule has 0 amide bonds. The van der Waals surface area contributed by atoms with Crippen LogP contribution in [-0.4, -0.2) is 36.2 Å². The topological polar surface area (TPSA) is 75.9 Å². The van der Waals surface area contributed by atoms with Crippen molar-refractivity contribution in [2.45, 2.75) is 0 Å². The fourth-order valence-electron chi connectivity index (χ4n) is 13.3. The molecule has 8 nitrogen and oxygen atoms in total. The summed E-state index contributed by atoms with van der Waals surface area (Å²) >= 11 is 0. The zero-order valence-electron chi connectivity index (χ0n) is 47.6. The standard InChI is InChI=1S/C79H51BN8/c1-5-23-53(24-6-1)66-51-67(82-76(81-66)54-25-7-2-8-26-54)58-47-48-70(88-68-37-17-13-33-61(68)62-34-14-18-38-69(62)88)63(50-58)79-84-77(55-27-9-3-10-28-55)83-78(85-79)56-45-43-52(44-46-56)57-29-21-32-60(49-57)87-72-40-20-16-36-65(72)80-64-35-15-19-39-71(64)86(59-30-11-4-12-31-59)73-41-22-42-74(87)75(73)80/h1-51H. The van der Waals surface area contributed by atoms with Gasteiger partial charge in [-0.2, -0.15) is 0 Å². The second-order valence-corrected chi connectivity index (χ2v) is 22.4. The highest BCUT2D eigenvalue weighted by atomic mass is 15.2. The van der Waals surface area contributed by atoms with Crippen LogP contribution in [0.15, 0.2) is 309 Å². The van der Waals surface area contributed by atoms with Crippen LogP contribution in [0.2, 0.25) is 0 Å². The highest BCUT2D eigenvalue weighted by Gasteiger charge is 2.43. The molecule has 2 aliphatic heterocycles. The van der Waals surface area contributed by atoms with E-state index in [1.54, 1.807) is 0 Å². The van der Waals surface area contributed by atoms with Gasteiger partial charge in [-0.25, -0.2) is 24.9 Å². The van der Waals surface area contributed by atoms with Crippen molar-refractivity contribution in [3.63, 3.8) is 0 Å². The summed E-state index contributed by atoms with van der Waals surface area (Å²) < 4.78 is 2.34. The van der Waals surface area contributed by atoms with Gasteiger partial charge < -0.3 is 14.4 Å². The van der Waals surface area contributed by atoms with Crippen LogP contribution in [0.5, 0.6) is 0 Å². The average Bonchev–Trinajstić information content (AvgIpc) is 1.15. The van der Waals surface area contributed by atoms with Crippen molar-refractivity contribution in [1.82, 2.24) is 29.5 Å². The van der Waals surface area contributed by atoms with E-state index in [1.165, 1.54) is 39.1 Å². The van der Waals surface area contributed by atoms with Gasteiger partial charge in [-0.1, -0.05) is 231 Å². The maximum absolute atomic E-state index is 5.50. The molecule has 0 bridgehead atoms. The Balaban J connectivity index is 0.802. The number of hydrogen-bond donors (Lipinski definition) is 0. The number of benzene rings is 12. The Hall–Kier alpha value is -11.8. The van der Waals surface area contributed by atoms with E-state index in [2.05, 4.69) is 269 Å². The van der Waals surface area contributed by atoms with Crippen LogP contribution >= 0.6 is 0 Å². The van der Waals surface area contributed by atoms with Gasteiger partial charge in [0.05, 0.1) is 28.1 Å². The molecule has 0 saturated heterocycles. The summed E-state index contributed by atoms with van der Waals surface area (Å²) in [7, 11) is 0. The Labute approximate surface area is 509 Å². The van der Waals surface area contributed by atoms with Gasteiger partial charge >= 0.3 is 0 Å². The van der Waals surface area contributed by atoms with Crippen LogP contribution < -0.4 is 26.2 Å². The minimum absolute atomic E-state index is 0.0627. The quantitative estimate of drug-likeness (QED) is 0.126. The predicted molar refractivity (Wildman–Crippen MR) is 362 cm³/mol. The molecule has 0 radical (unpaired) electrons. The number of aromatic nitrogens is 6. The number of hydrogen-bond acceptors (Lipinski definition) is 7. The molecule has 0 aliphatic carbocycles. The second-order valence-electron chi connectivity index (χ2n) is 22.4. The normalized spacial score (nSPS) is 12.2. The minimum atomic E-state index is 0.0627. The summed E-state index contributed by atoms with van der Waals surface area (Å²) in [4.78, 5) is 31.5. The van der Waals surface area contributed by atoms with Crippen LogP contribution in [0.4, 0.5) is 34.1 Å². The summed E-state index contributed by atoms with van der Waals surface area (Å²) in [5.41, 5.74) is 23.0. The SMILES string of the molecule is c1ccc(-c2cc(-c3ccc(-n4c5ccccc5c5ccccc54)c(-c4nc(-c5ccccc5)nc(-c5ccc(-c6cccc(N7c8ccccc8B8c9ccccc9N(c9ccccc9)c9cccc7c98)c6)cc5)n4)c3)nc(-c3ccccc3)n2)cc1. The lowest BCUT2D eigenvalue weighted by molar-refractivity contribution is 1.06. The molecule has 0 atom stereocenters. The summed E-state index contributed by atoms with van der Waals surface area (Å²) in [5, 5.41) is 2.32. The van der Waals surface area contributed by atoms with Gasteiger partial charge in [-0.05, 0) is 106 Å². The maximum Gasteiger partial charge on any atom is 0.252 e. The van der Waals surface area contributed by atoms with E-state index in [1.807, 2.05) is 54.6 Å². The Morgan fingerprint density at radius 1 is 0.250 bits per heavy atom. The maximum atomic E-state index is 5.50. The molecule has 9 heteroatoms. The molecule has 0 saturated carbocycles. The molecule has 17 rings (SSSR count). The molecular weight excluding hydrogens is 1070 g/mol. The molecular formula is C79H51BN8. The number of para-hydroxylation sites is 5. The van der Waals surface area contributed by atoms with Gasteiger partial charge in [-0.3, -0.25) is 0 Å². The Bertz CT molecular complexity index is 5060. The van der Waals surface area contributed by atoms with E-state index in [0.29, 0.717) is 23.3 Å². The Kier molecular flexibility index (Phi) is 12.1. The van der Waals surface area contributed by atoms with Crippen LogP contribution in [0, 0.1) is 0 Å². The van der Waals surface area contributed by atoms with Crippen molar-refractivity contribution in [1.29, 1.82) is 0 Å². The van der Waals surface area contributed by atoms with Crippen molar-refractivity contribution >= 4 is 79.0 Å². The van der Waals surface area contributed by atoms with E-state index in [9.17, 15) is 0 Å². The van der Waals surface area contributed by atoms with Gasteiger partial charge in [0.1, 0.15) is 0 Å². The third kappa shape index (κ3) is 8.58. The molecule has 12 aromatic carbocycles. The van der Waals surface area contributed by atoms with Gasteiger partial charge in [-0.15, -0.1) is 0 Å². The molecule has 3 aromatic heterocycles. The number of fused-ring (bicyclic) bond motifs is 7. The summed E-state index contributed by atoms with van der Waals surface area (Å²) in [5.74, 6) is 2.29. The van der Waals surface area contributed by atoms with E-state index in [0.717, 1.165) is 94.8 Å². The molecule has 0 unspecified atom stereocenters. The third-order valence-corrected chi connectivity index (χ3v) is 17.3. The highest BCUT2D eigenvalue weighted by molar-refractivity contribution is 7.00. The first-order valence-electron chi connectivity index (χ1n) is 29.8. The second kappa shape index (κ2) is 21.1. The van der Waals surface area contributed by atoms with Crippen molar-refractivity contribution in [2.24, 2.45) is 0 Å². The average molecular weight is 1120 g/mol. The summed E-state index contributed by atoms with van der Waals surface area (Å²) in [6.45, 7) is 0.0627. The summed E-state index contributed by atoms with van der Waals surface area (Å²) in [6, 6.07) is 109. The predicted octanol–water partition coefficient (Wildman–Crippen LogP) is 17.5. The molecule has 2 aliphatic rings. The fraction of sp³-hybridized carbons (Fsp3) is 0. The van der Waals surface area contributed by atoms with E-state index >= 15 is 0 Å². The lowest BCUT2D eigenvalue weighted by atomic mass is 9.33. The van der Waals surface area contributed by atoms with Crippen molar-refractivity contribution in [3.05, 3.63) is 309 Å². The number of rotatable bonds is 10. The van der Waals surface area contributed by atoms with Crippen molar-refractivity contribution < 1.29 is 0 Å². The molecule has 410 valence electrons. The molecule has 15 aromatic rings. The monoisotopic (exact) mass is 1120 g/mol. The van der Waals surface area contributed by atoms with Crippen molar-refractivity contribution in [2.75, 3.05) is 9.80 Å². The minimum Gasteiger partial charge on any atom is -0.311 e. The number of nitrogens with zero attached hydrogens (tertiary/aromatic N) is 8. The van der Waals surface area contributed by atoms with Gasteiger partial charge in [0.25, 0.3) is 6.71 Å². The third-order valence-electron chi connectivity index (χ3n) is 17.3. The molecule has 0 fully saturated rings. The Morgan fingerprint density at radius 2 is 0.670 bits per heavy atom. The van der Waals surface area contributed by atoms with E-state index in [4.69, 9.17) is 24.9 Å². The number of anilines is 6. The van der Waals surface area contributed by atoms with Crippen LogP contribution in [-0.2, 0) is 0 Å². The first-order chi connectivity index (χ1) is 43.6. The highest BCUT2D eigenvalue weighted by Crippen LogP contribution is 2.45. The smallest absolute Gasteiger partial charge is 0.252 e. The van der Waals surface area contributed by atoms with Crippen LogP contribution in [0.3, 0.4) is 0 Å².